The lowest BCUT2D eigenvalue weighted by Crippen LogP contribution is -2.57. The standard InChI is InChI=1S/C35H64O8/c1-6-11-16-21-26-40-31(36)30(25-20-15-10-5)35(32(37)41-27-22-17-12-7-2,33(38)42-28-23-18-13-8-3)34(39)43-29-24-19-14-9-4/h30H,6-29H2,1-5H3. The maximum absolute atomic E-state index is 14.0. The van der Waals surface area contributed by atoms with Crippen LogP contribution in [0.15, 0.2) is 0 Å². The Labute approximate surface area is 262 Å². The number of hydrogen-bond donors (Lipinski definition) is 0. The zero-order valence-electron chi connectivity index (χ0n) is 28.3. The average Bonchev–Trinajstić information content (AvgIpc) is 3.00. The number of unbranched alkanes of at least 4 members (excludes halogenated alkanes) is 14. The van der Waals surface area contributed by atoms with Gasteiger partial charge in [-0.1, -0.05) is 131 Å². The van der Waals surface area contributed by atoms with Crippen LogP contribution in [-0.4, -0.2) is 50.3 Å². The molecular weight excluding hydrogens is 548 g/mol. The van der Waals surface area contributed by atoms with Gasteiger partial charge in [-0.25, -0.2) is 0 Å². The minimum atomic E-state index is -2.56. The van der Waals surface area contributed by atoms with Gasteiger partial charge in [-0.05, 0) is 32.1 Å². The highest BCUT2D eigenvalue weighted by atomic mass is 16.6. The van der Waals surface area contributed by atoms with E-state index < -0.39 is 35.2 Å². The number of carbonyl (C=O) groups is 4. The molecule has 252 valence electrons. The highest BCUT2D eigenvalue weighted by molar-refractivity contribution is 6.20. The van der Waals surface area contributed by atoms with Crippen molar-refractivity contribution in [3.63, 3.8) is 0 Å². The van der Waals surface area contributed by atoms with Crippen molar-refractivity contribution in [3.05, 3.63) is 0 Å². The molecule has 0 aliphatic carbocycles. The lowest BCUT2D eigenvalue weighted by Gasteiger charge is -2.33. The van der Waals surface area contributed by atoms with Crippen LogP contribution < -0.4 is 0 Å². The van der Waals surface area contributed by atoms with Crippen LogP contribution in [-0.2, 0) is 38.1 Å². The van der Waals surface area contributed by atoms with E-state index in [9.17, 15) is 19.2 Å². The molecule has 0 aromatic carbocycles. The maximum atomic E-state index is 14.0. The predicted molar refractivity (Wildman–Crippen MR) is 170 cm³/mol. The average molecular weight is 613 g/mol. The van der Waals surface area contributed by atoms with E-state index >= 15 is 0 Å². The van der Waals surface area contributed by atoms with Crippen molar-refractivity contribution in [2.75, 3.05) is 26.4 Å². The minimum Gasteiger partial charge on any atom is -0.465 e. The molecule has 0 heterocycles. The normalized spacial score (nSPS) is 12.0. The fraction of sp³-hybridized carbons (Fsp3) is 0.886. The Morgan fingerprint density at radius 1 is 0.419 bits per heavy atom. The van der Waals surface area contributed by atoms with Crippen molar-refractivity contribution in [1.29, 1.82) is 0 Å². The maximum Gasteiger partial charge on any atom is 0.336 e. The summed E-state index contributed by atoms with van der Waals surface area (Å²) in [4.78, 5) is 55.8. The van der Waals surface area contributed by atoms with Crippen LogP contribution in [0.25, 0.3) is 0 Å². The molecular formula is C35H64O8. The van der Waals surface area contributed by atoms with Gasteiger partial charge in [0.1, 0.15) is 0 Å². The van der Waals surface area contributed by atoms with E-state index in [1.807, 2.05) is 6.92 Å². The molecule has 1 unspecified atom stereocenters. The van der Waals surface area contributed by atoms with E-state index in [4.69, 9.17) is 18.9 Å². The van der Waals surface area contributed by atoms with E-state index in [0.717, 1.165) is 89.9 Å². The monoisotopic (exact) mass is 612 g/mol. The van der Waals surface area contributed by atoms with Crippen molar-refractivity contribution in [3.8, 4) is 0 Å². The Balaban J connectivity index is 6.46. The quantitative estimate of drug-likeness (QED) is 0.0358. The molecule has 0 radical (unpaired) electrons. The molecule has 0 aromatic heterocycles. The summed E-state index contributed by atoms with van der Waals surface area (Å²) in [6, 6.07) is 0. The Bertz CT molecular complexity index is 671. The summed E-state index contributed by atoms with van der Waals surface area (Å²) >= 11 is 0. The predicted octanol–water partition coefficient (Wildman–Crippen LogP) is 8.66. The first kappa shape index (κ1) is 40.9. The Morgan fingerprint density at radius 3 is 1.05 bits per heavy atom. The van der Waals surface area contributed by atoms with Crippen molar-refractivity contribution in [2.24, 2.45) is 11.3 Å². The molecule has 0 amide bonds. The Morgan fingerprint density at radius 2 is 0.721 bits per heavy atom. The summed E-state index contributed by atoms with van der Waals surface area (Å²) in [7, 11) is 0. The zero-order chi connectivity index (χ0) is 32.2. The molecule has 0 bridgehead atoms. The van der Waals surface area contributed by atoms with Crippen LogP contribution in [0.4, 0.5) is 0 Å². The molecule has 0 spiro atoms. The van der Waals surface area contributed by atoms with Crippen molar-refractivity contribution < 1.29 is 38.1 Å². The highest BCUT2D eigenvalue weighted by Gasteiger charge is 2.65. The molecule has 0 saturated carbocycles. The van der Waals surface area contributed by atoms with E-state index in [0.29, 0.717) is 32.1 Å². The Hall–Kier alpha value is -2.12. The zero-order valence-corrected chi connectivity index (χ0v) is 28.3. The third kappa shape index (κ3) is 16.5. The van der Waals surface area contributed by atoms with Crippen LogP contribution in [0.5, 0.6) is 0 Å². The molecule has 0 aliphatic heterocycles. The first-order chi connectivity index (χ1) is 20.9. The van der Waals surface area contributed by atoms with E-state index in [-0.39, 0.29) is 32.8 Å². The third-order valence-corrected chi connectivity index (χ3v) is 7.80. The van der Waals surface area contributed by atoms with E-state index in [2.05, 4.69) is 27.7 Å². The van der Waals surface area contributed by atoms with Crippen LogP contribution >= 0.6 is 0 Å². The van der Waals surface area contributed by atoms with Gasteiger partial charge < -0.3 is 18.9 Å². The van der Waals surface area contributed by atoms with Gasteiger partial charge in [0.2, 0.25) is 0 Å². The molecule has 0 N–H and O–H groups in total. The minimum absolute atomic E-state index is 0.0435. The molecule has 0 aromatic rings. The molecule has 43 heavy (non-hydrogen) atoms. The second kappa shape index (κ2) is 27.4. The highest BCUT2D eigenvalue weighted by Crippen LogP contribution is 2.38. The van der Waals surface area contributed by atoms with Gasteiger partial charge in [0.15, 0.2) is 0 Å². The number of carbonyl (C=O) groups excluding carboxylic acids is 4. The first-order valence-corrected chi connectivity index (χ1v) is 17.6. The van der Waals surface area contributed by atoms with E-state index in [1.165, 1.54) is 0 Å². The van der Waals surface area contributed by atoms with Crippen molar-refractivity contribution in [2.45, 2.75) is 163 Å². The summed E-state index contributed by atoms with van der Waals surface area (Å²) in [5.74, 6) is -5.33. The molecule has 0 rings (SSSR count). The number of rotatable bonds is 29. The Kier molecular flexibility index (Phi) is 26.1. The van der Waals surface area contributed by atoms with Gasteiger partial charge in [-0.2, -0.15) is 0 Å². The first-order valence-electron chi connectivity index (χ1n) is 17.6. The molecule has 8 heteroatoms. The summed E-state index contributed by atoms with van der Waals surface area (Å²) in [5, 5.41) is 0. The molecule has 0 fully saturated rings. The fourth-order valence-electron chi connectivity index (χ4n) is 5.01. The number of esters is 4. The molecule has 1 atom stereocenters. The van der Waals surface area contributed by atoms with Gasteiger partial charge in [0.05, 0.1) is 32.3 Å². The second-order valence-corrected chi connectivity index (χ2v) is 11.7. The lowest BCUT2D eigenvalue weighted by atomic mass is 9.72. The molecule has 0 saturated heterocycles. The smallest absolute Gasteiger partial charge is 0.336 e. The topological polar surface area (TPSA) is 105 Å². The SMILES string of the molecule is CCCCCCOC(=O)C(CCCCC)C(C(=O)OCCCCCC)(C(=O)OCCCCCC)C(=O)OCCCCCC. The second-order valence-electron chi connectivity index (χ2n) is 11.7. The van der Waals surface area contributed by atoms with Gasteiger partial charge in [0, 0.05) is 0 Å². The van der Waals surface area contributed by atoms with E-state index in [1.54, 1.807) is 0 Å². The van der Waals surface area contributed by atoms with Crippen molar-refractivity contribution in [1.82, 2.24) is 0 Å². The van der Waals surface area contributed by atoms with Gasteiger partial charge in [-0.3, -0.25) is 19.2 Å². The fourth-order valence-corrected chi connectivity index (χ4v) is 5.01. The largest absolute Gasteiger partial charge is 0.465 e. The van der Waals surface area contributed by atoms with Gasteiger partial charge >= 0.3 is 23.9 Å². The van der Waals surface area contributed by atoms with Gasteiger partial charge in [-0.15, -0.1) is 0 Å². The third-order valence-electron chi connectivity index (χ3n) is 7.80. The van der Waals surface area contributed by atoms with Crippen LogP contribution in [0.1, 0.15) is 163 Å². The number of hydrogen-bond acceptors (Lipinski definition) is 8. The van der Waals surface area contributed by atoms with Crippen LogP contribution in [0.3, 0.4) is 0 Å². The van der Waals surface area contributed by atoms with Crippen LogP contribution in [0.2, 0.25) is 0 Å². The van der Waals surface area contributed by atoms with Gasteiger partial charge in [0.25, 0.3) is 5.41 Å². The van der Waals surface area contributed by atoms with Crippen molar-refractivity contribution >= 4 is 23.9 Å². The molecule has 0 aliphatic rings. The number of ether oxygens (including phenoxy) is 4. The van der Waals surface area contributed by atoms with Crippen LogP contribution in [0, 0.1) is 11.3 Å². The summed E-state index contributed by atoms with van der Waals surface area (Å²) < 4.78 is 22.5. The lowest BCUT2D eigenvalue weighted by molar-refractivity contribution is -0.195. The summed E-state index contributed by atoms with van der Waals surface area (Å²) in [6.45, 7) is 10.7. The summed E-state index contributed by atoms with van der Waals surface area (Å²) in [6.07, 6.45) is 16.2. The molecule has 8 nitrogen and oxygen atoms in total. The summed E-state index contributed by atoms with van der Waals surface area (Å²) in [5.41, 5.74) is -2.56.